The van der Waals surface area contributed by atoms with Crippen LogP contribution in [-0.4, -0.2) is 26.4 Å². The second kappa shape index (κ2) is 11.0. The maximum atomic E-state index is 13.1. The van der Waals surface area contributed by atoms with Crippen LogP contribution in [-0.2, 0) is 16.4 Å². The molecule has 38 heavy (non-hydrogen) atoms. The molecule has 0 saturated heterocycles. The van der Waals surface area contributed by atoms with Gasteiger partial charge >= 0.3 is 6.18 Å². The summed E-state index contributed by atoms with van der Waals surface area (Å²) in [4.78, 5) is 12.7. The third-order valence-electron chi connectivity index (χ3n) is 5.63. The van der Waals surface area contributed by atoms with Crippen LogP contribution in [0.15, 0.2) is 71.9 Å². The van der Waals surface area contributed by atoms with Crippen molar-refractivity contribution < 1.29 is 18.0 Å². The Morgan fingerprint density at radius 1 is 0.921 bits per heavy atom. The Morgan fingerprint density at radius 2 is 1.55 bits per heavy atom. The molecule has 0 spiro atoms. The number of hydrogen-bond acceptors (Lipinski definition) is 4. The third kappa shape index (κ3) is 6.51. The summed E-state index contributed by atoms with van der Waals surface area (Å²) in [5.74, 6) is -0.115. The maximum Gasteiger partial charge on any atom is 0.416 e. The van der Waals surface area contributed by atoms with E-state index in [-0.39, 0.29) is 21.9 Å². The van der Waals surface area contributed by atoms with Crippen molar-refractivity contribution >= 4 is 46.6 Å². The van der Waals surface area contributed by atoms with Crippen LogP contribution >= 0.6 is 35.0 Å². The fraction of sp³-hybridized carbons (Fsp3) is 0.222. The van der Waals surface area contributed by atoms with Crippen LogP contribution in [0, 0.1) is 0 Å². The van der Waals surface area contributed by atoms with E-state index in [4.69, 9.17) is 23.2 Å². The molecular formula is C27H23Cl2F3N4OS. The Morgan fingerprint density at radius 3 is 2.16 bits per heavy atom. The van der Waals surface area contributed by atoms with Crippen LogP contribution in [0.3, 0.4) is 0 Å². The summed E-state index contributed by atoms with van der Waals surface area (Å²) in [6.07, 6.45) is -4.56. The molecule has 0 atom stereocenters. The zero-order valence-corrected chi connectivity index (χ0v) is 22.9. The average Bonchev–Trinajstić information content (AvgIpc) is 3.27. The molecule has 198 valence electrons. The van der Waals surface area contributed by atoms with E-state index in [1.165, 1.54) is 5.56 Å². The van der Waals surface area contributed by atoms with Gasteiger partial charge < -0.3 is 5.32 Å². The van der Waals surface area contributed by atoms with Gasteiger partial charge in [0.05, 0.1) is 22.0 Å². The van der Waals surface area contributed by atoms with Gasteiger partial charge in [0, 0.05) is 16.3 Å². The fourth-order valence-corrected chi connectivity index (χ4v) is 4.65. The van der Waals surface area contributed by atoms with Gasteiger partial charge in [0.15, 0.2) is 11.0 Å². The van der Waals surface area contributed by atoms with Crippen molar-refractivity contribution in [2.45, 2.75) is 37.5 Å². The van der Waals surface area contributed by atoms with Gasteiger partial charge in [0.25, 0.3) is 0 Å². The van der Waals surface area contributed by atoms with Gasteiger partial charge in [-0.25, -0.2) is 0 Å². The van der Waals surface area contributed by atoms with Crippen molar-refractivity contribution in [1.29, 1.82) is 0 Å². The second-order valence-electron chi connectivity index (χ2n) is 9.47. The van der Waals surface area contributed by atoms with E-state index in [1.807, 2.05) is 36.4 Å². The number of halogens is 5. The van der Waals surface area contributed by atoms with Gasteiger partial charge in [-0.3, -0.25) is 9.36 Å². The highest BCUT2D eigenvalue weighted by Crippen LogP contribution is 2.34. The smallest absolute Gasteiger partial charge is 0.324 e. The number of carbonyl (C=O) groups is 1. The van der Waals surface area contributed by atoms with Crippen molar-refractivity contribution in [3.8, 4) is 17.1 Å². The summed E-state index contributed by atoms with van der Waals surface area (Å²) >= 11 is 13.2. The van der Waals surface area contributed by atoms with Gasteiger partial charge in [0.2, 0.25) is 5.91 Å². The van der Waals surface area contributed by atoms with Crippen molar-refractivity contribution in [1.82, 2.24) is 14.8 Å². The molecule has 1 amide bonds. The number of nitrogens with zero attached hydrogens (tertiary/aromatic N) is 3. The Kier molecular flexibility index (Phi) is 8.11. The van der Waals surface area contributed by atoms with E-state index < -0.39 is 17.6 Å². The number of nitrogens with one attached hydrogen (secondary N) is 1. The standard InChI is InChI=1S/C27H23Cl2F3N4OS/c1-26(2,3)17-6-4-16(5-7-17)24-34-35-25(36(24)20-11-9-19(28)10-12-20)38-15-23(37)33-22-14-18(27(30,31)32)8-13-21(22)29/h4-14H,15H2,1-3H3,(H,33,37). The lowest BCUT2D eigenvalue weighted by Crippen LogP contribution is -2.16. The van der Waals surface area contributed by atoms with Crippen molar-refractivity contribution in [2.24, 2.45) is 0 Å². The van der Waals surface area contributed by atoms with Crippen molar-refractivity contribution in [3.05, 3.63) is 87.9 Å². The predicted octanol–water partition coefficient (Wildman–Crippen LogP) is 8.29. The topological polar surface area (TPSA) is 59.8 Å². The third-order valence-corrected chi connectivity index (χ3v) is 7.14. The molecule has 0 aliphatic rings. The Hall–Kier alpha value is -3.01. The number of amides is 1. The van der Waals surface area contributed by atoms with E-state index in [1.54, 1.807) is 16.7 Å². The molecule has 5 nitrogen and oxygen atoms in total. The van der Waals surface area contributed by atoms with Crippen LogP contribution < -0.4 is 5.32 Å². The van der Waals surface area contributed by atoms with Crippen molar-refractivity contribution in [2.75, 3.05) is 11.1 Å². The van der Waals surface area contributed by atoms with E-state index in [9.17, 15) is 18.0 Å². The Bertz CT molecular complexity index is 1450. The highest BCUT2D eigenvalue weighted by Gasteiger charge is 2.31. The Labute approximate surface area is 232 Å². The molecule has 0 fully saturated rings. The summed E-state index contributed by atoms with van der Waals surface area (Å²) in [6.45, 7) is 6.39. The zero-order valence-electron chi connectivity index (χ0n) is 20.6. The summed E-state index contributed by atoms with van der Waals surface area (Å²) < 4.78 is 41.0. The molecule has 0 radical (unpaired) electrons. The molecule has 4 aromatic rings. The molecule has 0 aliphatic heterocycles. The van der Waals surface area contributed by atoms with E-state index >= 15 is 0 Å². The van der Waals surface area contributed by atoms with Gasteiger partial charge in [-0.2, -0.15) is 13.2 Å². The lowest BCUT2D eigenvalue weighted by atomic mass is 9.87. The van der Waals surface area contributed by atoms with Gasteiger partial charge in [-0.05, 0) is 53.4 Å². The first-order valence-electron chi connectivity index (χ1n) is 11.4. The summed E-state index contributed by atoms with van der Waals surface area (Å²) in [6, 6.07) is 17.9. The second-order valence-corrected chi connectivity index (χ2v) is 11.3. The molecule has 1 N–H and O–H groups in total. The van der Waals surface area contributed by atoms with Crippen LogP contribution in [0.25, 0.3) is 17.1 Å². The molecule has 1 aromatic heterocycles. The number of hydrogen-bond donors (Lipinski definition) is 1. The van der Waals surface area contributed by atoms with Gasteiger partial charge in [0.1, 0.15) is 0 Å². The minimum Gasteiger partial charge on any atom is -0.324 e. The summed E-state index contributed by atoms with van der Waals surface area (Å²) in [5.41, 5.74) is 1.68. The number of thioether (sulfide) groups is 1. The summed E-state index contributed by atoms with van der Waals surface area (Å²) in [5, 5.41) is 12.1. The molecule has 0 saturated carbocycles. The molecule has 0 unspecified atom stereocenters. The number of benzene rings is 3. The highest BCUT2D eigenvalue weighted by atomic mass is 35.5. The number of aromatic nitrogens is 3. The predicted molar refractivity (Wildman–Crippen MR) is 146 cm³/mol. The lowest BCUT2D eigenvalue weighted by molar-refractivity contribution is -0.137. The summed E-state index contributed by atoms with van der Waals surface area (Å²) in [7, 11) is 0. The monoisotopic (exact) mass is 578 g/mol. The molecule has 3 aromatic carbocycles. The largest absolute Gasteiger partial charge is 0.416 e. The molecule has 0 aliphatic carbocycles. The number of alkyl halides is 3. The SMILES string of the molecule is CC(C)(C)c1ccc(-c2nnc(SCC(=O)Nc3cc(C(F)(F)F)ccc3Cl)n2-c2ccc(Cl)cc2)cc1. The van der Waals surface area contributed by atoms with E-state index in [0.29, 0.717) is 16.0 Å². The van der Waals surface area contributed by atoms with Gasteiger partial charge in [-0.15, -0.1) is 10.2 Å². The first-order chi connectivity index (χ1) is 17.8. The van der Waals surface area contributed by atoms with Crippen LogP contribution in [0.4, 0.5) is 18.9 Å². The minimum absolute atomic E-state index is 0.00155. The zero-order chi connectivity index (χ0) is 27.7. The normalized spacial score (nSPS) is 12.0. The molecule has 4 rings (SSSR count). The molecule has 0 bridgehead atoms. The van der Waals surface area contributed by atoms with E-state index in [2.05, 4.69) is 36.3 Å². The lowest BCUT2D eigenvalue weighted by Gasteiger charge is -2.19. The molecule has 11 heteroatoms. The quantitative estimate of drug-likeness (QED) is 0.234. The van der Waals surface area contributed by atoms with Gasteiger partial charge in [-0.1, -0.05) is 80.0 Å². The first kappa shape index (κ1) is 28.0. The molecular weight excluding hydrogens is 556 g/mol. The number of carbonyl (C=O) groups excluding carboxylic acids is 1. The fourth-order valence-electron chi connectivity index (χ4n) is 3.61. The van der Waals surface area contributed by atoms with Crippen LogP contribution in [0.1, 0.15) is 31.9 Å². The number of anilines is 1. The van der Waals surface area contributed by atoms with Crippen LogP contribution in [0.5, 0.6) is 0 Å². The molecule has 1 heterocycles. The van der Waals surface area contributed by atoms with Crippen LogP contribution in [0.2, 0.25) is 10.0 Å². The number of rotatable bonds is 6. The Balaban J connectivity index is 1.60. The van der Waals surface area contributed by atoms with Crippen molar-refractivity contribution in [3.63, 3.8) is 0 Å². The highest BCUT2D eigenvalue weighted by molar-refractivity contribution is 7.99. The first-order valence-corrected chi connectivity index (χ1v) is 13.2. The minimum atomic E-state index is -4.56. The average molecular weight is 579 g/mol. The van der Waals surface area contributed by atoms with E-state index in [0.717, 1.165) is 41.2 Å². The maximum absolute atomic E-state index is 13.1.